The maximum atomic E-state index is 11.3. The van der Waals surface area contributed by atoms with E-state index in [0.29, 0.717) is 13.0 Å². The number of nitrogens with zero attached hydrogens (tertiary/aromatic N) is 1. The largest absolute Gasteiger partial charge is 0.392 e. The van der Waals surface area contributed by atoms with E-state index in [-0.39, 0.29) is 12.0 Å². The molecule has 6 nitrogen and oxygen atoms in total. The maximum absolute atomic E-state index is 11.3. The van der Waals surface area contributed by atoms with Gasteiger partial charge >= 0.3 is 6.10 Å². The van der Waals surface area contributed by atoms with Gasteiger partial charge in [-0.15, -0.1) is 0 Å². The van der Waals surface area contributed by atoms with E-state index in [4.69, 9.17) is 14.2 Å². The molecular formula is C26H30N2O4. The van der Waals surface area contributed by atoms with Crippen LogP contribution in [0.25, 0.3) is 16.5 Å². The third kappa shape index (κ3) is 3.39. The molecule has 0 saturated carbocycles. The number of H-pyrrole nitrogens is 1. The van der Waals surface area contributed by atoms with Gasteiger partial charge in [-0.2, -0.15) is 0 Å². The molecule has 0 spiro atoms. The number of rotatable bonds is 7. The summed E-state index contributed by atoms with van der Waals surface area (Å²) in [6.45, 7) is 0.549. The van der Waals surface area contributed by atoms with Gasteiger partial charge in [-0.1, -0.05) is 48.5 Å². The highest BCUT2D eigenvalue weighted by molar-refractivity contribution is 5.98. The van der Waals surface area contributed by atoms with Crippen LogP contribution in [0.4, 0.5) is 0 Å². The summed E-state index contributed by atoms with van der Waals surface area (Å²) < 4.78 is 17.3. The molecule has 1 aliphatic heterocycles. The van der Waals surface area contributed by atoms with E-state index in [1.165, 1.54) is 22.1 Å². The van der Waals surface area contributed by atoms with Crippen LogP contribution in [0.1, 0.15) is 16.7 Å². The molecule has 3 atom stereocenters. The van der Waals surface area contributed by atoms with Gasteiger partial charge in [0.15, 0.2) is 0 Å². The summed E-state index contributed by atoms with van der Waals surface area (Å²) in [6.07, 6.45) is 3.84. The Balaban J connectivity index is 1.59. The number of aliphatic hydroxyl groups excluding tert-OH is 1. The van der Waals surface area contributed by atoms with Gasteiger partial charge < -0.3 is 24.3 Å². The van der Waals surface area contributed by atoms with Gasteiger partial charge in [0, 0.05) is 56.9 Å². The molecule has 0 radical (unpaired) electrons. The molecule has 2 aromatic carbocycles. The van der Waals surface area contributed by atoms with Crippen LogP contribution in [0.3, 0.4) is 0 Å². The van der Waals surface area contributed by atoms with Gasteiger partial charge in [0.25, 0.3) is 0 Å². The van der Waals surface area contributed by atoms with Crippen LogP contribution in [0, 0.1) is 5.92 Å². The first kappa shape index (κ1) is 21.4. The fourth-order valence-electron chi connectivity index (χ4n) is 5.42. The summed E-state index contributed by atoms with van der Waals surface area (Å²) in [6, 6.07) is 16.5. The summed E-state index contributed by atoms with van der Waals surface area (Å²) >= 11 is 0. The second-order valence-electron chi connectivity index (χ2n) is 8.59. The molecule has 2 heterocycles. The van der Waals surface area contributed by atoms with E-state index in [9.17, 15) is 5.11 Å². The number of aromatic amines is 1. The molecule has 2 aliphatic rings. The van der Waals surface area contributed by atoms with E-state index in [1.54, 1.807) is 21.3 Å². The first-order valence-electron chi connectivity index (χ1n) is 11.1. The Morgan fingerprint density at radius 1 is 1.06 bits per heavy atom. The number of aromatic nitrogens is 1. The number of aliphatic hydroxyl groups is 1. The Morgan fingerprint density at radius 3 is 2.53 bits per heavy atom. The first-order chi connectivity index (χ1) is 15.6. The lowest BCUT2D eigenvalue weighted by atomic mass is 9.78. The lowest BCUT2D eigenvalue weighted by Crippen LogP contribution is -2.62. The highest BCUT2D eigenvalue weighted by Crippen LogP contribution is 2.44. The quantitative estimate of drug-likeness (QED) is 0.557. The van der Waals surface area contributed by atoms with Crippen molar-refractivity contribution in [1.29, 1.82) is 0 Å². The van der Waals surface area contributed by atoms with Gasteiger partial charge in [0.1, 0.15) is 0 Å². The second-order valence-corrected chi connectivity index (χ2v) is 8.59. The minimum atomic E-state index is -1.34. The van der Waals surface area contributed by atoms with E-state index in [1.807, 2.05) is 18.2 Å². The van der Waals surface area contributed by atoms with Crippen LogP contribution in [-0.2, 0) is 27.1 Å². The number of benzene rings is 2. The van der Waals surface area contributed by atoms with Crippen LogP contribution < -0.4 is 0 Å². The van der Waals surface area contributed by atoms with Crippen molar-refractivity contribution < 1.29 is 19.3 Å². The monoisotopic (exact) mass is 434 g/mol. The van der Waals surface area contributed by atoms with Gasteiger partial charge in [-0.25, -0.2) is 4.90 Å². The third-order valence-electron chi connectivity index (χ3n) is 6.96. The van der Waals surface area contributed by atoms with E-state index >= 15 is 0 Å². The lowest BCUT2D eigenvalue weighted by molar-refractivity contribution is -0.429. The molecule has 0 amide bonds. The molecule has 168 valence electrons. The van der Waals surface area contributed by atoms with Crippen LogP contribution in [-0.4, -0.2) is 61.1 Å². The normalized spacial score (nSPS) is 21.9. The van der Waals surface area contributed by atoms with E-state index in [2.05, 4.69) is 52.5 Å². The lowest BCUT2D eigenvalue weighted by Gasteiger charge is -2.49. The van der Waals surface area contributed by atoms with Crippen molar-refractivity contribution in [2.75, 3.05) is 27.9 Å². The van der Waals surface area contributed by atoms with Crippen LogP contribution in [0.5, 0.6) is 0 Å². The predicted octanol–water partition coefficient (Wildman–Crippen LogP) is 3.56. The zero-order valence-electron chi connectivity index (χ0n) is 18.7. The number of hydrogen-bond acceptors (Lipinski definition) is 5. The molecule has 0 bridgehead atoms. The van der Waals surface area contributed by atoms with Crippen molar-refractivity contribution in [3.8, 4) is 0 Å². The smallest absolute Gasteiger partial charge is 0.353 e. The first-order valence-corrected chi connectivity index (χ1v) is 11.1. The number of ether oxygens (including phenoxy) is 3. The van der Waals surface area contributed by atoms with Crippen molar-refractivity contribution in [3.05, 3.63) is 77.5 Å². The number of hydrogen-bond donors (Lipinski definition) is 2. The van der Waals surface area contributed by atoms with Gasteiger partial charge in [-0.3, -0.25) is 0 Å². The van der Waals surface area contributed by atoms with Crippen LogP contribution in [0.2, 0.25) is 0 Å². The highest BCUT2D eigenvalue weighted by Gasteiger charge is 2.48. The van der Waals surface area contributed by atoms with Gasteiger partial charge in [0.2, 0.25) is 0 Å². The number of nitrogens with one attached hydrogen (secondary N) is 1. The Morgan fingerprint density at radius 2 is 1.81 bits per heavy atom. The molecule has 0 saturated heterocycles. The van der Waals surface area contributed by atoms with Gasteiger partial charge in [0.05, 0.1) is 6.10 Å². The summed E-state index contributed by atoms with van der Waals surface area (Å²) in [5.74, 6) is -0.114. The average molecular weight is 435 g/mol. The number of methoxy groups -OCH3 is 3. The predicted molar refractivity (Wildman–Crippen MR) is 124 cm³/mol. The molecule has 0 fully saturated rings. The van der Waals surface area contributed by atoms with Crippen molar-refractivity contribution in [1.82, 2.24) is 9.88 Å². The topological polar surface area (TPSA) is 66.9 Å². The van der Waals surface area contributed by atoms with Crippen molar-refractivity contribution in [2.45, 2.75) is 31.1 Å². The van der Waals surface area contributed by atoms with Crippen molar-refractivity contribution in [3.63, 3.8) is 0 Å². The molecule has 1 unspecified atom stereocenters. The minimum Gasteiger partial charge on any atom is -0.392 e. The molecule has 3 aromatic rings. The summed E-state index contributed by atoms with van der Waals surface area (Å²) in [4.78, 5) is 5.51. The number of fused-ring (bicyclic) bond motifs is 2. The molecule has 6 heteroatoms. The standard InChI is InChI=1S/C26H30N2O4/c1-30-26(31-2,32-3)28-16-19(24(29)12-17-8-5-4-6-9-17)13-21-20-10-7-11-22-25(20)18(15-27-22)14-23(21)28/h4-11,13,15,19,23-24,27,29H,12,14,16H2,1-3H3/t19-,23-,24?/m1/s1. The average Bonchev–Trinajstić information content (AvgIpc) is 3.25. The van der Waals surface area contributed by atoms with E-state index in [0.717, 1.165) is 17.5 Å². The fraction of sp³-hybridized carbons (Fsp3) is 0.385. The summed E-state index contributed by atoms with van der Waals surface area (Å²) in [7, 11) is 4.77. The Hall–Kier alpha value is -2.48. The third-order valence-corrected chi connectivity index (χ3v) is 6.96. The minimum absolute atomic E-state index is 0.00363. The van der Waals surface area contributed by atoms with Crippen molar-refractivity contribution in [2.24, 2.45) is 5.92 Å². The fourth-order valence-corrected chi connectivity index (χ4v) is 5.42. The summed E-state index contributed by atoms with van der Waals surface area (Å²) in [5.41, 5.74) is 5.88. The van der Waals surface area contributed by atoms with E-state index < -0.39 is 12.2 Å². The molecule has 1 aromatic heterocycles. The maximum Gasteiger partial charge on any atom is 0.353 e. The van der Waals surface area contributed by atoms with Crippen LogP contribution >= 0.6 is 0 Å². The highest BCUT2D eigenvalue weighted by atomic mass is 16.9. The summed E-state index contributed by atoms with van der Waals surface area (Å²) in [5, 5.41) is 12.5. The zero-order valence-corrected chi connectivity index (χ0v) is 18.7. The Kier molecular flexibility index (Phi) is 5.65. The van der Waals surface area contributed by atoms with Crippen molar-refractivity contribution >= 4 is 16.5 Å². The second kappa shape index (κ2) is 8.46. The van der Waals surface area contributed by atoms with Crippen LogP contribution in [0.15, 0.2) is 60.8 Å². The molecular weight excluding hydrogens is 404 g/mol. The SMILES string of the molecule is COC(OC)(OC)N1C[C@H](C(O)Cc2ccccc2)C=C2c3cccc4[nH]cc(c34)C[C@H]21. The zero-order chi connectivity index (χ0) is 22.3. The Labute approximate surface area is 188 Å². The molecule has 1 aliphatic carbocycles. The molecule has 32 heavy (non-hydrogen) atoms. The van der Waals surface area contributed by atoms with Gasteiger partial charge in [-0.05, 0) is 41.2 Å². The molecule has 2 N–H and O–H groups in total. The molecule has 5 rings (SSSR count). The Bertz CT molecular complexity index is 1110.